The van der Waals surface area contributed by atoms with Gasteiger partial charge in [-0.1, -0.05) is 52.7 Å². The number of rotatable bonds is 12. The van der Waals surface area contributed by atoms with Gasteiger partial charge in [-0.3, -0.25) is 9.59 Å². The minimum Gasteiger partial charge on any atom is -0.508 e. The van der Waals surface area contributed by atoms with Crippen LogP contribution in [0.15, 0.2) is 110 Å². The molecule has 0 bridgehead atoms. The van der Waals surface area contributed by atoms with Crippen LogP contribution in [0.4, 0.5) is 0 Å². The molecule has 11 nitrogen and oxygen atoms in total. The normalized spacial score (nSPS) is 16.6. The molecule has 1 aliphatic carbocycles. The van der Waals surface area contributed by atoms with Crippen LogP contribution < -0.4 is 5.43 Å². The Labute approximate surface area is 353 Å². The number of phenols is 8. The van der Waals surface area contributed by atoms with Gasteiger partial charge < -0.3 is 45.3 Å². The number of Topliss-reactive ketones (excluding diaryl/α,β-unsaturated/α-hetero) is 1. The van der Waals surface area contributed by atoms with Gasteiger partial charge in [-0.25, -0.2) is 0 Å². The number of fused-ring (bicyclic) bond motifs is 1. The Balaban J connectivity index is 1.65. The van der Waals surface area contributed by atoms with Gasteiger partial charge in [0.2, 0.25) is 5.43 Å². The standard InChI is InChI=1S/C50H52O11/c1-25(2)8-7-9-27(5)11-15-34-47(59)46-43(58)24-42(57)45(50(46)61-49(34)33-17-14-31(52)22-40(33)55)37-19-28(6)18-35(32-16-13-30(51)21-39(32)54)44(37)48(60)36-20-29(12-10-26(3)4)38(53)23-41(36)56/h8,10-11,13-14,16-17,19-24,35,37,44,51-58H,7,9,12,15,18H2,1-6H3. The Morgan fingerprint density at radius 1 is 0.721 bits per heavy atom. The first-order valence-electron chi connectivity index (χ1n) is 20.1. The SMILES string of the molecule is CC(C)=CCCC(C)=CCc1c(-c2ccc(O)cc2O)oc2c(C3C=C(C)CC(c4ccc(O)cc4O)C3C(=O)c3cc(CC=C(C)C)c(O)cc3O)c(O)cc(O)c2c1=O. The molecule has 0 fully saturated rings. The molecule has 11 heteroatoms. The maximum Gasteiger partial charge on any atom is 0.200 e. The highest BCUT2D eigenvalue weighted by atomic mass is 16.3. The van der Waals surface area contributed by atoms with E-state index in [2.05, 4.69) is 6.08 Å². The molecular formula is C50H52O11. The lowest BCUT2D eigenvalue weighted by Gasteiger charge is -2.37. The summed E-state index contributed by atoms with van der Waals surface area (Å²) < 4.78 is 6.62. The highest BCUT2D eigenvalue weighted by Crippen LogP contribution is 2.53. The van der Waals surface area contributed by atoms with Crippen molar-refractivity contribution in [2.75, 3.05) is 0 Å². The molecule has 8 N–H and O–H groups in total. The van der Waals surface area contributed by atoms with Gasteiger partial charge in [0.25, 0.3) is 0 Å². The van der Waals surface area contributed by atoms with E-state index in [1.807, 2.05) is 46.8 Å². The molecule has 3 unspecified atom stereocenters. The van der Waals surface area contributed by atoms with Crippen molar-refractivity contribution in [2.24, 2.45) is 5.92 Å². The Hall–Kier alpha value is -6.88. The molecule has 0 radical (unpaired) electrons. The third kappa shape index (κ3) is 9.16. The molecule has 4 aromatic carbocycles. The number of allylic oxidation sites excluding steroid dienone is 8. The monoisotopic (exact) mass is 828 g/mol. The van der Waals surface area contributed by atoms with E-state index in [4.69, 9.17) is 4.42 Å². The first-order chi connectivity index (χ1) is 28.9. The topological polar surface area (TPSA) is 209 Å². The average molecular weight is 829 g/mol. The number of carbonyl (C=O) groups is 1. The molecular weight excluding hydrogens is 777 g/mol. The van der Waals surface area contributed by atoms with Crippen LogP contribution in [0.3, 0.4) is 0 Å². The summed E-state index contributed by atoms with van der Waals surface area (Å²) in [4.78, 5) is 30.0. The van der Waals surface area contributed by atoms with E-state index in [1.54, 1.807) is 13.0 Å². The minimum absolute atomic E-state index is 0.0329. The van der Waals surface area contributed by atoms with Crippen LogP contribution in [-0.4, -0.2) is 46.6 Å². The van der Waals surface area contributed by atoms with Gasteiger partial charge in [0.15, 0.2) is 5.78 Å². The fourth-order valence-electron chi connectivity index (χ4n) is 8.23. The van der Waals surface area contributed by atoms with Crippen LogP contribution in [0.1, 0.15) is 105 Å². The summed E-state index contributed by atoms with van der Waals surface area (Å²) in [5.41, 5.74) is 3.44. The van der Waals surface area contributed by atoms with E-state index >= 15 is 4.79 Å². The highest BCUT2D eigenvalue weighted by molar-refractivity contribution is 6.03. The third-order valence-electron chi connectivity index (χ3n) is 11.3. The number of hydrogen-bond acceptors (Lipinski definition) is 11. The Morgan fingerprint density at radius 3 is 2.03 bits per heavy atom. The molecule has 5 aromatic rings. The summed E-state index contributed by atoms with van der Waals surface area (Å²) in [6, 6.07) is 11.3. The second-order valence-corrected chi connectivity index (χ2v) is 16.5. The van der Waals surface area contributed by atoms with E-state index in [0.29, 0.717) is 12.0 Å². The number of hydrogen-bond donors (Lipinski definition) is 8. The number of benzene rings is 4. The van der Waals surface area contributed by atoms with Gasteiger partial charge in [-0.15, -0.1) is 0 Å². The lowest BCUT2D eigenvalue weighted by Crippen LogP contribution is -2.32. The molecule has 1 aliphatic rings. The van der Waals surface area contributed by atoms with Crippen molar-refractivity contribution in [3.63, 3.8) is 0 Å². The maximum absolute atomic E-state index is 15.2. The molecule has 0 saturated carbocycles. The maximum atomic E-state index is 15.2. The Bertz CT molecular complexity index is 2720. The number of aromatic hydroxyl groups is 8. The van der Waals surface area contributed by atoms with E-state index < -0.39 is 52.0 Å². The van der Waals surface area contributed by atoms with E-state index in [-0.39, 0.29) is 86.8 Å². The van der Waals surface area contributed by atoms with Crippen molar-refractivity contribution in [3.8, 4) is 57.3 Å². The van der Waals surface area contributed by atoms with Gasteiger partial charge in [0.05, 0.1) is 11.1 Å². The lowest BCUT2D eigenvalue weighted by molar-refractivity contribution is 0.0877. The number of phenolic OH excluding ortho intramolecular Hbond substituents is 8. The van der Waals surface area contributed by atoms with Crippen molar-refractivity contribution in [2.45, 2.75) is 85.5 Å². The zero-order valence-corrected chi connectivity index (χ0v) is 35.1. The van der Waals surface area contributed by atoms with E-state index in [1.165, 1.54) is 35.9 Å². The van der Waals surface area contributed by atoms with Crippen LogP contribution in [0.2, 0.25) is 0 Å². The Morgan fingerprint density at radius 2 is 1.38 bits per heavy atom. The zero-order valence-electron chi connectivity index (χ0n) is 35.1. The lowest BCUT2D eigenvalue weighted by atomic mass is 9.65. The molecule has 61 heavy (non-hydrogen) atoms. The van der Waals surface area contributed by atoms with Gasteiger partial charge >= 0.3 is 0 Å². The van der Waals surface area contributed by atoms with Crippen LogP contribution in [-0.2, 0) is 12.8 Å². The highest BCUT2D eigenvalue weighted by Gasteiger charge is 2.44. The average Bonchev–Trinajstić information content (AvgIpc) is 3.16. The second kappa shape index (κ2) is 17.8. The molecule has 0 spiro atoms. The molecule has 1 heterocycles. The van der Waals surface area contributed by atoms with Crippen LogP contribution >= 0.6 is 0 Å². The fourth-order valence-corrected chi connectivity index (χ4v) is 8.23. The van der Waals surface area contributed by atoms with Crippen molar-refractivity contribution >= 4 is 16.8 Å². The summed E-state index contributed by atoms with van der Waals surface area (Å²) >= 11 is 0. The first-order valence-corrected chi connectivity index (χ1v) is 20.1. The van der Waals surface area contributed by atoms with Gasteiger partial charge in [-0.2, -0.15) is 0 Å². The molecule has 0 saturated heterocycles. The number of ketones is 1. The van der Waals surface area contributed by atoms with Crippen molar-refractivity contribution in [3.05, 3.63) is 139 Å². The van der Waals surface area contributed by atoms with Gasteiger partial charge in [0, 0.05) is 53.1 Å². The summed E-state index contributed by atoms with van der Waals surface area (Å²) in [6.07, 6.45) is 9.54. The summed E-state index contributed by atoms with van der Waals surface area (Å²) in [5, 5.41) is 87.9. The predicted molar refractivity (Wildman–Crippen MR) is 235 cm³/mol. The van der Waals surface area contributed by atoms with Gasteiger partial charge in [0.1, 0.15) is 62.7 Å². The molecule has 3 atom stereocenters. The quantitative estimate of drug-likeness (QED) is 0.0438. The van der Waals surface area contributed by atoms with Crippen molar-refractivity contribution in [1.29, 1.82) is 0 Å². The molecule has 0 amide bonds. The van der Waals surface area contributed by atoms with Crippen LogP contribution in [0.25, 0.3) is 22.3 Å². The number of carbonyl (C=O) groups excluding carboxylic acids is 1. The molecule has 0 aliphatic heterocycles. The third-order valence-corrected chi connectivity index (χ3v) is 11.3. The van der Waals surface area contributed by atoms with Crippen LogP contribution in [0.5, 0.6) is 46.0 Å². The Kier molecular flexibility index (Phi) is 12.7. The minimum atomic E-state index is -1.24. The van der Waals surface area contributed by atoms with Crippen LogP contribution in [0, 0.1) is 5.92 Å². The first kappa shape index (κ1) is 43.7. The second-order valence-electron chi connectivity index (χ2n) is 16.5. The summed E-state index contributed by atoms with van der Waals surface area (Å²) in [7, 11) is 0. The fraction of sp³-hybridized carbons (Fsp3) is 0.280. The molecule has 1 aromatic heterocycles. The van der Waals surface area contributed by atoms with E-state index in [0.717, 1.165) is 47.4 Å². The van der Waals surface area contributed by atoms with Gasteiger partial charge in [-0.05, 0) is 109 Å². The molecule has 6 rings (SSSR count). The smallest absolute Gasteiger partial charge is 0.200 e. The van der Waals surface area contributed by atoms with E-state index in [9.17, 15) is 45.6 Å². The largest absolute Gasteiger partial charge is 0.508 e. The van der Waals surface area contributed by atoms with Crippen molar-refractivity contribution in [1.82, 2.24) is 0 Å². The summed E-state index contributed by atoms with van der Waals surface area (Å²) in [5.74, 6) is -7.00. The zero-order chi connectivity index (χ0) is 44.4. The molecule has 318 valence electrons. The van der Waals surface area contributed by atoms with Crippen molar-refractivity contribution < 1.29 is 50.1 Å². The predicted octanol–water partition coefficient (Wildman–Crippen LogP) is 10.6. The summed E-state index contributed by atoms with van der Waals surface area (Å²) in [6.45, 7) is 11.5.